The lowest BCUT2D eigenvalue weighted by atomic mass is 10.1. The fourth-order valence-corrected chi connectivity index (χ4v) is 2.10. The van der Waals surface area contributed by atoms with Crippen LogP contribution in [0, 0.1) is 18.8 Å². The van der Waals surface area contributed by atoms with Gasteiger partial charge in [-0.2, -0.15) is 0 Å². The molecule has 0 amide bonds. The second-order valence-electron chi connectivity index (χ2n) is 5.03. The quantitative estimate of drug-likeness (QED) is 0.821. The normalized spacial score (nSPS) is 16.6. The average Bonchev–Trinajstić information content (AvgIpc) is 3.10. The Bertz CT molecular complexity index is 424. The second kappa shape index (κ2) is 4.78. The highest BCUT2D eigenvalue weighted by Crippen LogP contribution is 2.36. The number of carboxylic acids is 1. The van der Waals surface area contributed by atoms with Crippen molar-refractivity contribution >= 4 is 11.7 Å². The van der Waals surface area contributed by atoms with Crippen molar-refractivity contribution in [3.05, 3.63) is 29.3 Å². The summed E-state index contributed by atoms with van der Waals surface area (Å²) in [4.78, 5) is 10.8. The summed E-state index contributed by atoms with van der Waals surface area (Å²) in [7, 11) is 0. The molecule has 0 bridgehead atoms. The van der Waals surface area contributed by atoms with Crippen LogP contribution in [0.15, 0.2) is 18.2 Å². The standard InChI is InChI=1S/C14H19NO2/c1-9-7-12(14(16)17)5-6-13(9)15-8-10(2)11-3-4-11/h5-7,10-11,15H,3-4,8H2,1-2H3,(H,16,17). The molecule has 2 rings (SSSR count). The fraction of sp³-hybridized carbons (Fsp3) is 0.500. The summed E-state index contributed by atoms with van der Waals surface area (Å²) < 4.78 is 0. The van der Waals surface area contributed by atoms with Crippen molar-refractivity contribution in [2.75, 3.05) is 11.9 Å². The van der Waals surface area contributed by atoms with Crippen molar-refractivity contribution in [3.8, 4) is 0 Å². The van der Waals surface area contributed by atoms with Gasteiger partial charge in [0.2, 0.25) is 0 Å². The van der Waals surface area contributed by atoms with Gasteiger partial charge in [0.1, 0.15) is 0 Å². The predicted octanol–water partition coefficient (Wildman–Crippen LogP) is 3.15. The van der Waals surface area contributed by atoms with E-state index in [2.05, 4.69) is 12.2 Å². The Balaban J connectivity index is 1.98. The van der Waals surface area contributed by atoms with Gasteiger partial charge in [0.15, 0.2) is 0 Å². The average molecular weight is 233 g/mol. The highest BCUT2D eigenvalue weighted by Gasteiger charge is 2.27. The minimum atomic E-state index is -0.869. The van der Waals surface area contributed by atoms with Crippen LogP contribution in [0.2, 0.25) is 0 Å². The molecule has 0 spiro atoms. The first kappa shape index (κ1) is 12.0. The molecule has 17 heavy (non-hydrogen) atoms. The van der Waals surface area contributed by atoms with Crippen LogP contribution in [-0.2, 0) is 0 Å². The molecule has 0 aromatic heterocycles. The zero-order valence-corrected chi connectivity index (χ0v) is 10.4. The molecule has 1 unspecified atom stereocenters. The number of aromatic carboxylic acids is 1. The molecule has 1 aromatic carbocycles. The van der Waals surface area contributed by atoms with Gasteiger partial charge >= 0.3 is 5.97 Å². The van der Waals surface area contributed by atoms with E-state index in [4.69, 9.17) is 5.11 Å². The summed E-state index contributed by atoms with van der Waals surface area (Å²) in [6.45, 7) is 5.18. The zero-order chi connectivity index (χ0) is 12.4. The predicted molar refractivity (Wildman–Crippen MR) is 68.5 cm³/mol. The van der Waals surface area contributed by atoms with E-state index in [1.807, 2.05) is 13.0 Å². The first-order chi connectivity index (χ1) is 8.08. The summed E-state index contributed by atoms with van der Waals surface area (Å²) in [6.07, 6.45) is 2.72. The molecule has 1 saturated carbocycles. The Hall–Kier alpha value is -1.51. The van der Waals surface area contributed by atoms with Crippen molar-refractivity contribution in [2.24, 2.45) is 11.8 Å². The largest absolute Gasteiger partial charge is 0.478 e. The van der Waals surface area contributed by atoms with Crippen molar-refractivity contribution in [3.63, 3.8) is 0 Å². The molecule has 1 aromatic rings. The number of hydrogen-bond donors (Lipinski definition) is 2. The van der Waals surface area contributed by atoms with E-state index in [1.54, 1.807) is 12.1 Å². The van der Waals surface area contributed by atoms with Crippen LogP contribution in [0.25, 0.3) is 0 Å². The maximum Gasteiger partial charge on any atom is 0.335 e. The lowest BCUT2D eigenvalue weighted by molar-refractivity contribution is 0.0697. The monoisotopic (exact) mass is 233 g/mol. The number of anilines is 1. The Labute approximate surface area is 102 Å². The van der Waals surface area contributed by atoms with Gasteiger partial charge in [-0.15, -0.1) is 0 Å². The number of nitrogens with one attached hydrogen (secondary N) is 1. The fourth-order valence-electron chi connectivity index (χ4n) is 2.10. The first-order valence-electron chi connectivity index (χ1n) is 6.15. The van der Waals surface area contributed by atoms with Crippen LogP contribution < -0.4 is 5.32 Å². The molecular formula is C14H19NO2. The summed E-state index contributed by atoms with van der Waals surface area (Å²) in [5.74, 6) is 0.723. The summed E-state index contributed by atoms with van der Waals surface area (Å²) in [6, 6.07) is 5.23. The van der Waals surface area contributed by atoms with Gasteiger partial charge in [-0.1, -0.05) is 6.92 Å². The van der Waals surface area contributed by atoms with Gasteiger partial charge in [0, 0.05) is 12.2 Å². The van der Waals surface area contributed by atoms with Crippen molar-refractivity contribution < 1.29 is 9.90 Å². The van der Waals surface area contributed by atoms with Gasteiger partial charge in [-0.05, 0) is 55.4 Å². The molecule has 1 aliphatic carbocycles. The van der Waals surface area contributed by atoms with E-state index in [1.165, 1.54) is 12.8 Å². The molecule has 92 valence electrons. The Morgan fingerprint density at radius 2 is 2.24 bits per heavy atom. The van der Waals surface area contributed by atoms with Crippen LogP contribution in [0.3, 0.4) is 0 Å². The first-order valence-corrected chi connectivity index (χ1v) is 6.15. The topological polar surface area (TPSA) is 49.3 Å². The third-order valence-electron chi connectivity index (χ3n) is 3.51. The molecule has 0 saturated heterocycles. The smallest absolute Gasteiger partial charge is 0.335 e. The highest BCUT2D eigenvalue weighted by atomic mass is 16.4. The zero-order valence-electron chi connectivity index (χ0n) is 10.4. The van der Waals surface area contributed by atoms with E-state index in [9.17, 15) is 4.79 Å². The van der Waals surface area contributed by atoms with Gasteiger partial charge in [0.25, 0.3) is 0 Å². The van der Waals surface area contributed by atoms with Gasteiger partial charge in [-0.25, -0.2) is 4.79 Å². The van der Waals surface area contributed by atoms with E-state index >= 15 is 0 Å². The number of rotatable bonds is 5. The maximum atomic E-state index is 10.8. The van der Waals surface area contributed by atoms with Crippen LogP contribution in [0.4, 0.5) is 5.69 Å². The minimum Gasteiger partial charge on any atom is -0.478 e. The Kier molecular flexibility index (Phi) is 3.36. The molecule has 2 N–H and O–H groups in total. The van der Waals surface area contributed by atoms with Gasteiger partial charge in [0.05, 0.1) is 5.56 Å². The molecule has 3 nitrogen and oxygen atoms in total. The highest BCUT2D eigenvalue weighted by molar-refractivity contribution is 5.88. The van der Waals surface area contributed by atoms with Gasteiger partial charge in [-0.3, -0.25) is 0 Å². The summed E-state index contributed by atoms with van der Waals surface area (Å²) in [5.41, 5.74) is 2.39. The molecule has 3 heteroatoms. The Morgan fingerprint density at radius 3 is 2.76 bits per heavy atom. The van der Waals surface area contributed by atoms with E-state index < -0.39 is 5.97 Å². The molecular weight excluding hydrogens is 214 g/mol. The molecule has 0 radical (unpaired) electrons. The summed E-state index contributed by atoms with van der Waals surface area (Å²) in [5, 5.41) is 12.3. The molecule has 0 aliphatic heterocycles. The lowest BCUT2D eigenvalue weighted by Crippen LogP contribution is -2.13. The number of carbonyl (C=O) groups is 1. The van der Waals surface area contributed by atoms with Crippen molar-refractivity contribution in [2.45, 2.75) is 26.7 Å². The van der Waals surface area contributed by atoms with Crippen LogP contribution in [0.5, 0.6) is 0 Å². The SMILES string of the molecule is Cc1cc(C(=O)O)ccc1NCC(C)C1CC1. The minimum absolute atomic E-state index is 0.350. The number of carboxylic acid groups (broad SMARTS) is 1. The third kappa shape index (κ3) is 2.99. The van der Waals surface area contributed by atoms with E-state index in [-0.39, 0.29) is 0 Å². The van der Waals surface area contributed by atoms with Crippen molar-refractivity contribution in [1.29, 1.82) is 0 Å². The van der Waals surface area contributed by atoms with Crippen molar-refractivity contribution in [1.82, 2.24) is 0 Å². The third-order valence-corrected chi connectivity index (χ3v) is 3.51. The van der Waals surface area contributed by atoms with E-state index in [0.717, 1.165) is 23.7 Å². The number of aryl methyl sites for hydroxylation is 1. The summed E-state index contributed by atoms with van der Waals surface area (Å²) >= 11 is 0. The number of benzene rings is 1. The van der Waals surface area contributed by atoms with E-state index in [0.29, 0.717) is 11.5 Å². The molecule has 1 aliphatic rings. The van der Waals surface area contributed by atoms with Crippen LogP contribution in [0.1, 0.15) is 35.7 Å². The Morgan fingerprint density at radius 1 is 1.53 bits per heavy atom. The molecule has 0 heterocycles. The maximum absolute atomic E-state index is 10.8. The van der Waals surface area contributed by atoms with Gasteiger partial charge < -0.3 is 10.4 Å². The lowest BCUT2D eigenvalue weighted by Gasteiger charge is -2.14. The number of hydrogen-bond acceptors (Lipinski definition) is 2. The van der Waals surface area contributed by atoms with Crippen LogP contribution >= 0.6 is 0 Å². The van der Waals surface area contributed by atoms with Crippen LogP contribution in [-0.4, -0.2) is 17.6 Å². The molecule has 1 fully saturated rings. The molecule has 1 atom stereocenters. The second-order valence-corrected chi connectivity index (χ2v) is 5.03.